The van der Waals surface area contributed by atoms with Crippen LogP contribution in [-0.2, 0) is 15.0 Å². The van der Waals surface area contributed by atoms with Crippen LogP contribution < -0.4 is 11.1 Å². The van der Waals surface area contributed by atoms with Crippen molar-refractivity contribution in [3.8, 4) is 0 Å². The second-order valence-corrected chi connectivity index (χ2v) is 8.04. The molecule has 1 aliphatic heterocycles. The van der Waals surface area contributed by atoms with Gasteiger partial charge in [0.2, 0.25) is 5.91 Å². The van der Waals surface area contributed by atoms with E-state index in [1.54, 1.807) is 7.05 Å². The van der Waals surface area contributed by atoms with Gasteiger partial charge in [-0.25, -0.2) is 0 Å². The van der Waals surface area contributed by atoms with Gasteiger partial charge in [0, 0.05) is 39.8 Å². The fourth-order valence-corrected chi connectivity index (χ4v) is 4.18. The van der Waals surface area contributed by atoms with E-state index in [0.717, 1.165) is 25.7 Å². The van der Waals surface area contributed by atoms with Crippen molar-refractivity contribution >= 4 is 16.1 Å². The highest BCUT2D eigenvalue weighted by molar-refractivity contribution is 7.86. The first-order valence-electron chi connectivity index (χ1n) is 7.64. The first-order valence-corrected chi connectivity index (χ1v) is 9.04. The average molecular weight is 318 g/mol. The van der Waals surface area contributed by atoms with Crippen LogP contribution in [0, 0.1) is 11.8 Å². The molecule has 1 aliphatic carbocycles. The lowest BCUT2D eigenvalue weighted by atomic mass is 9.99. The first-order chi connectivity index (χ1) is 9.95. The van der Waals surface area contributed by atoms with E-state index < -0.39 is 10.2 Å². The number of amides is 1. The third kappa shape index (κ3) is 4.38. The maximum Gasteiger partial charge on any atom is 0.281 e. The average Bonchev–Trinajstić information content (AvgIpc) is 3.28. The molecule has 0 aromatic carbocycles. The molecular formula is C13H26N4O3S. The van der Waals surface area contributed by atoms with E-state index in [0.29, 0.717) is 32.1 Å². The summed E-state index contributed by atoms with van der Waals surface area (Å²) < 4.78 is 27.9. The SMILES string of the molecule is CN(CC1CC1)S(=O)(=O)N1CCCC(C(=O)NCCN)C1. The lowest BCUT2D eigenvalue weighted by molar-refractivity contribution is -0.126. The molecule has 122 valence electrons. The van der Waals surface area contributed by atoms with Crippen molar-refractivity contribution in [3.05, 3.63) is 0 Å². The van der Waals surface area contributed by atoms with Crippen LogP contribution in [0.5, 0.6) is 0 Å². The van der Waals surface area contributed by atoms with Crippen molar-refractivity contribution in [1.29, 1.82) is 0 Å². The van der Waals surface area contributed by atoms with Gasteiger partial charge in [-0.2, -0.15) is 17.0 Å². The Hall–Kier alpha value is -0.700. The molecule has 2 aliphatic rings. The van der Waals surface area contributed by atoms with E-state index in [2.05, 4.69) is 5.32 Å². The van der Waals surface area contributed by atoms with Crippen molar-refractivity contribution in [2.45, 2.75) is 25.7 Å². The first kappa shape index (κ1) is 16.7. The molecule has 1 heterocycles. The second-order valence-electron chi connectivity index (χ2n) is 6.01. The van der Waals surface area contributed by atoms with Gasteiger partial charge in [-0.15, -0.1) is 0 Å². The molecule has 0 aromatic rings. The standard InChI is InChI=1S/C13H26N4O3S/c1-16(9-11-4-5-11)21(19,20)17-8-2-3-12(10-17)13(18)15-7-6-14/h11-12H,2-10,14H2,1H3,(H,15,18). The minimum absolute atomic E-state index is 0.0924. The fourth-order valence-electron chi connectivity index (χ4n) is 2.66. The van der Waals surface area contributed by atoms with Gasteiger partial charge in [-0.1, -0.05) is 0 Å². The quantitative estimate of drug-likeness (QED) is 0.653. The molecule has 1 amide bonds. The summed E-state index contributed by atoms with van der Waals surface area (Å²) in [5, 5.41) is 2.75. The van der Waals surface area contributed by atoms with Crippen LogP contribution in [-0.4, -0.2) is 62.7 Å². The van der Waals surface area contributed by atoms with Crippen molar-refractivity contribution in [2.75, 3.05) is 39.8 Å². The van der Waals surface area contributed by atoms with Gasteiger partial charge in [-0.05, 0) is 31.6 Å². The monoisotopic (exact) mass is 318 g/mol. The third-order valence-corrected chi connectivity index (χ3v) is 6.05. The Kier molecular flexibility index (Phi) is 5.59. The normalized spacial score (nSPS) is 24.2. The summed E-state index contributed by atoms with van der Waals surface area (Å²) >= 11 is 0. The zero-order valence-electron chi connectivity index (χ0n) is 12.6. The topological polar surface area (TPSA) is 95.7 Å². The van der Waals surface area contributed by atoms with Crippen molar-refractivity contribution in [1.82, 2.24) is 13.9 Å². The van der Waals surface area contributed by atoms with Crippen LogP contribution in [0.2, 0.25) is 0 Å². The Balaban J connectivity index is 1.93. The zero-order valence-corrected chi connectivity index (χ0v) is 13.4. The Labute approximate surface area is 127 Å². The predicted molar refractivity (Wildman–Crippen MR) is 80.6 cm³/mol. The number of nitrogens with two attached hydrogens (primary N) is 1. The van der Waals surface area contributed by atoms with E-state index in [4.69, 9.17) is 5.73 Å². The van der Waals surface area contributed by atoms with E-state index in [-0.39, 0.29) is 18.4 Å². The number of carbonyl (C=O) groups is 1. The highest BCUT2D eigenvalue weighted by atomic mass is 32.2. The van der Waals surface area contributed by atoms with Crippen LogP contribution in [0.3, 0.4) is 0 Å². The van der Waals surface area contributed by atoms with Gasteiger partial charge in [0.05, 0.1) is 5.92 Å². The van der Waals surface area contributed by atoms with Crippen molar-refractivity contribution in [3.63, 3.8) is 0 Å². The summed E-state index contributed by atoms with van der Waals surface area (Å²) in [4.78, 5) is 12.0. The Morgan fingerprint density at radius 3 is 2.71 bits per heavy atom. The molecular weight excluding hydrogens is 292 g/mol. The lowest BCUT2D eigenvalue weighted by Gasteiger charge is -2.33. The minimum atomic E-state index is -3.44. The van der Waals surface area contributed by atoms with Crippen molar-refractivity contribution < 1.29 is 13.2 Å². The summed E-state index contributed by atoms with van der Waals surface area (Å²) in [7, 11) is -1.81. The summed E-state index contributed by atoms with van der Waals surface area (Å²) in [6, 6.07) is 0. The van der Waals surface area contributed by atoms with Crippen molar-refractivity contribution in [2.24, 2.45) is 17.6 Å². The molecule has 1 atom stereocenters. The van der Waals surface area contributed by atoms with E-state index >= 15 is 0 Å². The molecule has 1 saturated heterocycles. The second kappa shape index (κ2) is 7.04. The maximum atomic E-state index is 12.5. The number of nitrogens with zero attached hydrogens (tertiary/aromatic N) is 2. The molecule has 21 heavy (non-hydrogen) atoms. The molecule has 2 rings (SSSR count). The van der Waals surface area contributed by atoms with Crippen LogP contribution in [0.4, 0.5) is 0 Å². The lowest BCUT2D eigenvalue weighted by Crippen LogP contribution is -2.50. The van der Waals surface area contributed by atoms with Gasteiger partial charge in [-0.3, -0.25) is 4.79 Å². The maximum absolute atomic E-state index is 12.5. The fraction of sp³-hybridized carbons (Fsp3) is 0.923. The van der Waals surface area contributed by atoms with E-state index in [9.17, 15) is 13.2 Å². The summed E-state index contributed by atoms with van der Waals surface area (Å²) in [6.45, 7) is 2.18. The summed E-state index contributed by atoms with van der Waals surface area (Å²) in [6.07, 6.45) is 3.68. The van der Waals surface area contributed by atoms with Gasteiger partial charge < -0.3 is 11.1 Å². The summed E-state index contributed by atoms with van der Waals surface area (Å²) in [5.41, 5.74) is 5.37. The molecule has 7 nitrogen and oxygen atoms in total. The number of nitrogens with one attached hydrogen (secondary N) is 1. The van der Waals surface area contributed by atoms with Gasteiger partial charge in [0.1, 0.15) is 0 Å². The number of rotatable bonds is 7. The number of hydrogen-bond donors (Lipinski definition) is 2. The van der Waals surface area contributed by atoms with Crippen LogP contribution in [0.15, 0.2) is 0 Å². The largest absolute Gasteiger partial charge is 0.355 e. The minimum Gasteiger partial charge on any atom is -0.355 e. The number of carbonyl (C=O) groups excluding carboxylic acids is 1. The number of piperidine rings is 1. The van der Waals surface area contributed by atoms with E-state index in [1.165, 1.54) is 8.61 Å². The molecule has 3 N–H and O–H groups in total. The Bertz CT molecular complexity index is 464. The smallest absolute Gasteiger partial charge is 0.281 e. The predicted octanol–water partition coefficient (Wildman–Crippen LogP) is -0.640. The van der Waals surface area contributed by atoms with E-state index in [1.807, 2.05) is 0 Å². The van der Waals surface area contributed by atoms with Crippen LogP contribution >= 0.6 is 0 Å². The third-order valence-electron chi connectivity index (χ3n) is 4.13. The zero-order chi connectivity index (χ0) is 15.5. The molecule has 0 bridgehead atoms. The Morgan fingerprint density at radius 2 is 2.10 bits per heavy atom. The highest BCUT2D eigenvalue weighted by Crippen LogP contribution is 2.31. The Morgan fingerprint density at radius 1 is 1.38 bits per heavy atom. The molecule has 0 radical (unpaired) electrons. The molecule has 8 heteroatoms. The van der Waals surface area contributed by atoms with Gasteiger partial charge in [0.15, 0.2) is 0 Å². The molecule has 0 spiro atoms. The highest BCUT2D eigenvalue weighted by Gasteiger charge is 2.36. The molecule has 0 aromatic heterocycles. The number of hydrogen-bond acceptors (Lipinski definition) is 4. The summed E-state index contributed by atoms with van der Waals surface area (Å²) in [5.74, 6) is 0.151. The molecule has 2 fully saturated rings. The van der Waals surface area contributed by atoms with Gasteiger partial charge >= 0.3 is 0 Å². The molecule has 1 unspecified atom stereocenters. The van der Waals surface area contributed by atoms with Crippen LogP contribution in [0.1, 0.15) is 25.7 Å². The van der Waals surface area contributed by atoms with Crippen LogP contribution in [0.25, 0.3) is 0 Å². The van der Waals surface area contributed by atoms with Gasteiger partial charge in [0.25, 0.3) is 10.2 Å². The molecule has 1 saturated carbocycles.